The Morgan fingerprint density at radius 1 is 1.21 bits per heavy atom. The molecule has 7 nitrogen and oxygen atoms in total. The van der Waals surface area contributed by atoms with Crippen LogP contribution in [-0.2, 0) is 19.1 Å². The molecule has 1 amide bonds. The van der Waals surface area contributed by atoms with Gasteiger partial charge < -0.3 is 14.4 Å². The molecule has 154 valence electrons. The number of nitrogens with zero attached hydrogens (tertiary/aromatic N) is 3. The third kappa shape index (κ3) is 4.89. The van der Waals surface area contributed by atoms with E-state index in [4.69, 9.17) is 9.47 Å². The Morgan fingerprint density at radius 3 is 2.52 bits per heavy atom. The van der Waals surface area contributed by atoms with E-state index in [0.717, 1.165) is 16.9 Å². The van der Waals surface area contributed by atoms with Gasteiger partial charge in [-0.3, -0.25) is 4.79 Å². The molecule has 1 unspecified atom stereocenters. The molecule has 8 heteroatoms. The molecule has 0 saturated carbocycles. The summed E-state index contributed by atoms with van der Waals surface area (Å²) in [7, 11) is 0. The summed E-state index contributed by atoms with van der Waals surface area (Å²) in [6.07, 6.45) is 2.04. The number of esters is 1. The number of benzene rings is 1. The number of amides is 1. The highest BCUT2D eigenvalue weighted by molar-refractivity contribution is 5.90. The lowest BCUT2D eigenvalue weighted by molar-refractivity contribution is -0.157. The minimum Gasteiger partial charge on any atom is -0.449 e. The van der Waals surface area contributed by atoms with Crippen LogP contribution in [0, 0.1) is 19.7 Å². The third-order valence-electron chi connectivity index (χ3n) is 4.77. The molecular formula is C21H24FN3O4. The first-order valence-corrected chi connectivity index (χ1v) is 9.44. The molecule has 1 aromatic carbocycles. The van der Waals surface area contributed by atoms with Crippen LogP contribution in [0.1, 0.15) is 23.9 Å². The topological polar surface area (TPSA) is 73.7 Å². The van der Waals surface area contributed by atoms with Crippen LogP contribution in [0.3, 0.4) is 0 Å². The molecule has 1 fully saturated rings. The van der Waals surface area contributed by atoms with Gasteiger partial charge in [-0.05, 0) is 51.1 Å². The number of morpholine rings is 1. The molecule has 2 aromatic rings. The zero-order valence-electron chi connectivity index (χ0n) is 16.7. The van der Waals surface area contributed by atoms with Crippen LogP contribution in [0.2, 0.25) is 0 Å². The summed E-state index contributed by atoms with van der Waals surface area (Å²) in [6.45, 7) is 7.22. The molecule has 0 bridgehead atoms. The van der Waals surface area contributed by atoms with Gasteiger partial charge in [0.25, 0.3) is 5.91 Å². The van der Waals surface area contributed by atoms with E-state index in [0.29, 0.717) is 32.0 Å². The predicted octanol–water partition coefficient (Wildman–Crippen LogP) is 2.43. The number of hydrogen-bond donors (Lipinski definition) is 0. The monoisotopic (exact) mass is 401 g/mol. The largest absolute Gasteiger partial charge is 0.449 e. The highest BCUT2D eigenvalue weighted by Gasteiger charge is 2.24. The van der Waals surface area contributed by atoms with Gasteiger partial charge in [0.1, 0.15) is 5.82 Å². The third-order valence-corrected chi connectivity index (χ3v) is 4.77. The van der Waals surface area contributed by atoms with E-state index in [1.54, 1.807) is 34.7 Å². The van der Waals surface area contributed by atoms with Gasteiger partial charge in [0, 0.05) is 30.4 Å². The minimum atomic E-state index is -0.866. The number of aromatic nitrogens is 2. The van der Waals surface area contributed by atoms with Gasteiger partial charge in [0.2, 0.25) is 0 Å². The fourth-order valence-electron chi connectivity index (χ4n) is 3.19. The van der Waals surface area contributed by atoms with E-state index >= 15 is 0 Å². The quantitative estimate of drug-likeness (QED) is 0.568. The Hall–Kier alpha value is -3.00. The highest BCUT2D eigenvalue weighted by Crippen LogP contribution is 2.19. The minimum absolute atomic E-state index is 0.230. The summed E-state index contributed by atoms with van der Waals surface area (Å²) in [5.41, 5.74) is 3.00. The number of carbonyl (C=O) groups is 2. The fourth-order valence-corrected chi connectivity index (χ4v) is 3.19. The van der Waals surface area contributed by atoms with Crippen molar-refractivity contribution in [3.63, 3.8) is 0 Å². The van der Waals surface area contributed by atoms with E-state index in [1.807, 2.05) is 13.8 Å². The van der Waals surface area contributed by atoms with Crippen molar-refractivity contribution in [3.05, 3.63) is 53.1 Å². The maximum Gasteiger partial charge on any atom is 0.331 e. The Bertz CT molecular complexity index is 915. The second-order valence-corrected chi connectivity index (χ2v) is 6.82. The average Bonchev–Trinajstić information content (AvgIpc) is 3.00. The van der Waals surface area contributed by atoms with Crippen molar-refractivity contribution >= 4 is 18.0 Å². The smallest absolute Gasteiger partial charge is 0.331 e. The normalized spacial score (nSPS) is 15.5. The van der Waals surface area contributed by atoms with E-state index in [9.17, 15) is 14.0 Å². The van der Waals surface area contributed by atoms with Gasteiger partial charge in [-0.1, -0.05) is 0 Å². The molecule has 3 rings (SSSR count). The summed E-state index contributed by atoms with van der Waals surface area (Å²) in [4.78, 5) is 26.1. The first kappa shape index (κ1) is 20.7. The zero-order valence-corrected chi connectivity index (χ0v) is 16.7. The van der Waals surface area contributed by atoms with Gasteiger partial charge in [-0.2, -0.15) is 5.10 Å². The first-order valence-electron chi connectivity index (χ1n) is 9.44. The lowest BCUT2D eigenvalue weighted by atomic mass is 10.2. The molecule has 1 aliphatic rings. The molecule has 1 saturated heterocycles. The number of carbonyl (C=O) groups excluding carboxylic acids is 2. The van der Waals surface area contributed by atoms with Gasteiger partial charge in [-0.25, -0.2) is 13.9 Å². The second kappa shape index (κ2) is 9.00. The number of ether oxygens (including phenoxy) is 2. The van der Waals surface area contributed by atoms with Crippen LogP contribution in [0.15, 0.2) is 30.3 Å². The van der Waals surface area contributed by atoms with Gasteiger partial charge >= 0.3 is 5.97 Å². The van der Waals surface area contributed by atoms with Crippen LogP contribution in [0.4, 0.5) is 4.39 Å². The Labute approximate surface area is 168 Å². The Kier molecular flexibility index (Phi) is 6.43. The predicted molar refractivity (Wildman–Crippen MR) is 105 cm³/mol. The molecule has 1 aromatic heterocycles. The van der Waals surface area contributed by atoms with E-state index in [1.165, 1.54) is 18.2 Å². The summed E-state index contributed by atoms with van der Waals surface area (Å²) >= 11 is 0. The lowest BCUT2D eigenvalue weighted by Crippen LogP contribution is -2.45. The Balaban J connectivity index is 1.67. The van der Waals surface area contributed by atoms with Crippen molar-refractivity contribution in [1.29, 1.82) is 0 Å². The lowest BCUT2D eigenvalue weighted by Gasteiger charge is -2.28. The molecule has 0 aliphatic carbocycles. The fraction of sp³-hybridized carbons (Fsp3) is 0.381. The van der Waals surface area contributed by atoms with Gasteiger partial charge in [-0.15, -0.1) is 0 Å². The number of aryl methyl sites for hydroxylation is 1. The SMILES string of the molecule is Cc1nn(-c2ccc(F)cc2)c(C)c1/C=C/C(=O)OC(C)C(=O)N1CCOCC1. The number of hydrogen-bond acceptors (Lipinski definition) is 5. The molecule has 1 aliphatic heterocycles. The van der Waals surface area contributed by atoms with E-state index < -0.39 is 12.1 Å². The highest BCUT2D eigenvalue weighted by atomic mass is 19.1. The van der Waals surface area contributed by atoms with Crippen LogP contribution in [0.5, 0.6) is 0 Å². The number of halogens is 1. The molecule has 0 N–H and O–H groups in total. The second-order valence-electron chi connectivity index (χ2n) is 6.82. The maximum absolute atomic E-state index is 13.2. The van der Waals surface area contributed by atoms with Gasteiger partial charge in [0.15, 0.2) is 6.10 Å². The van der Waals surface area contributed by atoms with Gasteiger partial charge in [0.05, 0.1) is 24.6 Å². The summed E-state index contributed by atoms with van der Waals surface area (Å²) < 4.78 is 25.3. The van der Waals surface area contributed by atoms with Crippen molar-refractivity contribution in [3.8, 4) is 5.69 Å². The molecule has 29 heavy (non-hydrogen) atoms. The van der Waals surface area contributed by atoms with Crippen molar-refractivity contribution in [2.45, 2.75) is 26.9 Å². The average molecular weight is 401 g/mol. The van der Waals surface area contributed by atoms with Crippen LogP contribution < -0.4 is 0 Å². The van der Waals surface area contributed by atoms with Crippen LogP contribution in [0.25, 0.3) is 11.8 Å². The molecular weight excluding hydrogens is 377 g/mol. The first-order chi connectivity index (χ1) is 13.9. The molecule has 1 atom stereocenters. The Morgan fingerprint density at radius 2 is 1.86 bits per heavy atom. The van der Waals surface area contributed by atoms with E-state index in [2.05, 4.69) is 5.10 Å². The van der Waals surface area contributed by atoms with Crippen LogP contribution in [-0.4, -0.2) is 59.0 Å². The van der Waals surface area contributed by atoms with Crippen LogP contribution >= 0.6 is 0 Å². The summed E-state index contributed by atoms with van der Waals surface area (Å²) in [6, 6.07) is 6.00. The number of rotatable bonds is 5. The van der Waals surface area contributed by atoms with Crippen molar-refractivity contribution in [2.75, 3.05) is 26.3 Å². The van der Waals surface area contributed by atoms with E-state index in [-0.39, 0.29) is 11.7 Å². The standard InChI is InChI=1S/C21H24FN3O4/c1-14-19(15(2)25(23-14)18-6-4-17(22)5-7-18)8-9-20(26)29-16(3)21(27)24-10-12-28-13-11-24/h4-9,16H,10-13H2,1-3H3/b9-8+. The molecule has 0 spiro atoms. The summed E-state index contributed by atoms with van der Waals surface area (Å²) in [5.74, 6) is -1.15. The van der Waals surface area contributed by atoms with Crippen molar-refractivity contribution < 1.29 is 23.5 Å². The van der Waals surface area contributed by atoms with Crippen molar-refractivity contribution in [1.82, 2.24) is 14.7 Å². The van der Waals surface area contributed by atoms with Crippen molar-refractivity contribution in [2.24, 2.45) is 0 Å². The molecule has 0 radical (unpaired) electrons. The summed E-state index contributed by atoms with van der Waals surface area (Å²) in [5, 5.41) is 4.46. The molecule has 2 heterocycles. The maximum atomic E-state index is 13.2. The zero-order chi connectivity index (χ0) is 21.0.